The van der Waals surface area contributed by atoms with E-state index in [1.54, 1.807) is 19.1 Å². The third kappa shape index (κ3) is 6.43. The molecule has 0 heterocycles. The number of hydrogen-bond donors (Lipinski definition) is 1. The third-order valence-electron chi connectivity index (χ3n) is 4.39. The fraction of sp³-hybridized carbons (Fsp3) is 0.0909. The molecular formula is C22H16Cl2N4O7. The van der Waals surface area contributed by atoms with Crippen molar-refractivity contribution >= 4 is 46.7 Å². The Morgan fingerprint density at radius 1 is 1.00 bits per heavy atom. The topological polar surface area (TPSA) is 146 Å². The molecule has 0 aromatic heterocycles. The van der Waals surface area contributed by atoms with Gasteiger partial charge in [0.2, 0.25) is 5.75 Å². The van der Waals surface area contributed by atoms with Gasteiger partial charge in [0.25, 0.3) is 11.6 Å². The summed E-state index contributed by atoms with van der Waals surface area (Å²) in [6.07, 6.45) is 1.35. The van der Waals surface area contributed by atoms with Crippen LogP contribution in [0.1, 0.15) is 22.8 Å². The van der Waals surface area contributed by atoms with E-state index in [2.05, 4.69) is 10.5 Å². The average Bonchev–Trinajstić information content (AvgIpc) is 2.80. The quantitative estimate of drug-likeness (QED) is 0.215. The molecule has 35 heavy (non-hydrogen) atoms. The van der Waals surface area contributed by atoms with Crippen LogP contribution in [-0.2, 0) is 0 Å². The Balaban J connectivity index is 1.81. The van der Waals surface area contributed by atoms with E-state index in [0.29, 0.717) is 10.6 Å². The van der Waals surface area contributed by atoms with E-state index in [-0.39, 0.29) is 34.4 Å². The van der Waals surface area contributed by atoms with Crippen LogP contribution >= 0.6 is 23.2 Å². The number of nitrogens with zero attached hydrogens (tertiary/aromatic N) is 3. The highest BCUT2D eigenvalue weighted by atomic mass is 35.5. The molecule has 0 saturated carbocycles. The molecule has 0 unspecified atom stereocenters. The monoisotopic (exact) mass is 518 g/mol. The zero-order valence-corrected chi connectivity index (χ0v) is 19.4. The number of carbonyl (C=O) groups is 1. The lowest BCUT2D eigenvalue weighted by molar-refractivity contribution is -0.394. The normalized spacial score (nSPS) is 10.7. The Bertz CT molecular complexity index is 1330. The standard InChI is InChI=1S/C22H16Cl2N4O7/c1-2-34-21-9-13(12-25-26-22(29)16-6-4-14(23)10-17(16)24)3-7-20(21)35-19-8-5-15(27(30)31)11-18(19)28(32)33/h3-12H,2H2,1H3,(H,26,29)/b25-12+. The van der Waals surface area contributed by atoms with E-state index < -0.39 is 27.1 Å². The number of nitro groups is 2. The minimum Gasteiger partial charge on any atom is -0.490 e. The minimum atomic E-state index is -0.778. The second kappa shape index (κ2) is 11.3. The third-order valence-corrected chi connectivity index (χ3v) is 4.94. The van der Waals surface area contributed by atoms with Crippen molar-refractivity contribution in [3.05, 3.63) is 96.0 Å². The Labute approximate surface area is 208 Å². The van der Waals surface area contributed by atoms with E-state index in [1.807, 2.05) is 0 Å². The van der Waals surface area contributed by atoms with Gasteiger partial charge in [0.1, 0.15) is 0 Å². The number of non-ortho nitro benzene ring substituents is 1. The molecule has 0 aliphatic heterocycles. The highest BCUT2D eigenvalue weighted by molar-refractivity contribution is 6.36. The van der Waals surface area contributed by atoms with E-state index in [9.17, 15) is 25.0 Å². The van der Waals surface area contributed by atoms with Gasteiger partial charge in [-0.2, -0.15) is 5.10 Å². The van der Waals surface area contributed by atoms with E-state index in [4.69, 9.17) is 32.7 Å². The molecule has 11 nitrogen and oxygen atoms in total. The summed E-state index contributed by atoms with van der Waals surface area (Å²) < 4.78 is 11.2. The SMILES string of the molecule is CCOc1cc(/C=N/NC(=O)c2ccc(Cl)cc2Cl)ccc1Oc1ccc([N+](=O)[O-])cc1[N+](=O)[O-]. The predicted molar refractivity (Wildman–Crippen MR) is 129 cm³/mol. The van der Waals surface area contributed by atoms with Crippen molar-refractivity contribution in [3.63, 3.8) is 0 Å². The van der Waals surface area contributed by atoms with E-state index in [1.165, 1.54) is 30.5 Å². The van der Waals surface area contributed by atoms with Crippen LogP contribution in [-0.4, -0.2) is 28.6 Å². The summed E-state index contributed by atoms with van der Waals surface area (Å²) in [7, 11) is 0. The van der Waals surface area contributed by atoms with Crippen molar-refractivity contribution in [2.75, 3.05) is 6.61 Å². The second-order valence-corrected chi connectivity index (χ2v) is 7.57. The number of halogens is 2. The summed E-state index contributed by atoms with van der Waals surface area (Å²) >= 11 is 11.8. The van der Waals surface area contributed by atoms with Crippen LogP contribution in [0.2, 0.25) is 10.0 Å². The van der Waals surface area contributed by atoms with Crippen LogP contribution < -0.4 is 14.9 Å². The number of nitrogens with one attached hydrogen (secondary N) is 1. The first-order chi connectivity index (χ1) is 16.7. The molecule has 0 radical (unpaired) electrons. The number of carbonyl (C=O) groups excluding carboxylic acids is 1. The molecule has 0 aliphatic rings. The van der Waals surface area contributed by atoms with E-state index >= 15 is 0 Å². The number of ether oxygens (including phenoxy) is 2. The lowest BCUT2D eigenvalue weighted by atomic mass is 10.2. The van der Waals surface area contributed by atoms with Gasteiger partial charge in [0, 0.05) is 11.1 Å². The van der Waals surface area contributed by atoms with Crippen molar-refractivity contribution in [3.8, 4) is 17.2 Å². The summed E-state index contributed by atoms with van der Waals surface area (Å²) in [5, 5.41) is 26.8. The average molecular weight is 519 g/mol. The molecule has 3 aromatic carbocycles. The van der Waals surface area contributed by atoms with Crippen LogP contribution in [0.4, 0.5) is 11.4 Å². The van der Waals surface area contributed by atoms with Crippen molar-refractivity contribution in [1.29, 1.82) is 0 Å². The zero-order valence-electron chi connectivity index (χ0n) is 17.9. The molecule has 3 aromatic rings. The maximum absolute atomic E-state index is 12.3. The van der Waals surface area contributed by atoms with Gasteiger partial charge in [-0.25, -0.2) is 5.43 Å². The molecule has 0 atom stereocenters. The van der Waals surface area contributed by atoms with Crippen LogP contribution in [0, 0.1) is 20.2 Å². The van der Waals surface area contributed by atoms with Gasteiger partial charge in [-0.15, -0.1) is 0 Å². The van der Waals surface area contributed by atoms with Crippen LogP contribution in [0.15, 0.2) is 59.7 Å². The van der Waals surface area contributed by atoms with Gasteiger partial charge < -0.3 is 9.47 Å². The summed E-state index contributed by atoms with van der Waals surface area (Å²) in [6.45, 7) is 1.99. The highest BCUT2D eigenvalue weighted by Gasteiger charge is 2.22. The van der Waals surface area contributed by atoms with Crippen molar-refractivity contribution < 1.29 is 24.1 Å². The van der Waals surface area contributed by atoms with Gasteiger partial charge in [-0.05, 0) is 55.0 Å². The van der Waals surface area contributed by atoms with Crippen molar-refractivity contribution in [1.82, 2.24) is 5.43 Å². The lowest BCUT2D eigenvalue weighted by Gasteiger charge is -2.12. The number of nitro benzene ring substituents is 2. The van der Waals surface area contributed by atoms with Gasteiger partial charge >= 0.3 is 5.69 Å². The Hall–Kier alpha value is -4.22. The molecule has 3 rings (SSSR count). The fourth-order valence-corrected chi connectivity index (χ4v) is 3.32. The first-order valence-corrected chi connectivity index (χ1v) is 10.6. The van der Waals surface area contributed by atoms with Crippen molar-refractivity contribution in [2.45, 2.75) is 6.92 Å². The molecule has 1 amide bonds. The molecule has 0 bridgehead atoms. The second-order valence-electron chi connectivity index (χ2n) is 6.73. The summed E-state index contributed by atoms with van der Waals surface area (Å²) in [5.41, 5.74) is 2.04. The Morgan fingerprint density at radius 2 is 1.74 bits per heavy atom. The zero-order chi connectivity index (χ0) is 25.5. The molecule has 0 spiro atoms. The Kier molecular flexibility index (Phi) is 8.18. The fourth-order valence-electron chi connectivity index (χ4n) is 2.82. The van der Waals surface area contributed by atoms with Crippen LogP contribution in [0.3, 0.4) is 0 Å². The van der Waals surface area contributed by atoms with Gasteiger partial charge in [-0.1, -0.05) is 23.2 Å². The highest BCUT2D eigenvalue weighted by Crippen LogP contribution is 2.38. The van der Waals surface area contributed by atoms with Gasteiger partial charge in [0.15, 0.2) is 11.5 Å². The minimum absolute atomic E-state index is 0.137. The summed E-state index contributed by atoms with van der Waals surface area (Å²) in [6, 6.07) is 12.1. The number of rotatable bonds is 9. The molecule has 0 aliphatic carbocycles. The largest absolute Gasteiger partial charge is 0.490 e. The lowest BCUT2D eigenvalue weighted by Crippen LogP contribution is -2.18. The number of hydrogen-bond acceptors (Lipinski definition) is 8. The summed E-state index contributed by atoms with van der Waals surface area (Å²) in [5.74, 6) is -0.373. The predicted octanol–water partition coefficient (Wildman–Crippen LogP) is 5.76. The first-order valence-electron chi connectivity index (χ1n) is 9.85. The number of benzene rings is 3. The smallest absolute Gasteiger partial charge is 0.318 e. The van der Waals surface area contributed by atoms with Crippen molar-refractivity contribution in [2.24, 2.45) is 5.10 Å². The number of hydrazone groups is 1. The molecule has 180 valence electrons. The molecular weight excluding hydrogens is 503 g/mol. The van der Waals surface area contributed by atoms with Gasteiger partial charge in [-0.3, -0.25) is 25.0 Å². The maximum Gasteiger partial charge on any atom is 0.318 e. The Morgan fingerprint density at radius 3 is 2.40 bits per heavy atom. The van der Waals surface area contributed by atoms with Gasteiger partial charge in [0.05, 0.1) is 39.3 Å². The van der Waals surface area contributed by atoms with E-state index in [0.717, 1.165) is 18.2 Å². The molecule has 0 fully saturated rings. The summed E-state index contributed by atoms with van der Waals surface area (Å²) in [4.78, 5) is 33.0. The number of amides is 1. The maximum atomic E-state index is 12.3. The first kappa shape index (κ1) is 25.4. The molecule has 1 N–H and O–H groups in total. The van der Waals surface area contributed by atoms with Crippen LogP contribution in [0.5, 0.6) is 17.2 Å². The van der Waals surface area contributed by atoms with Crippen LogP contribution in [0.25, 0.3) is 0 Å². The molecule has 13 heteroatoms. The molecule has 0 saturated heterocycles.